The van der Waals surface area contributed by atoms with E-state index >= 15 is 0 Å². The Bertz CT molecular complexity index is 572. The zero-order valence-electron chi connectivity index (χ0n) is 12.4. The van der Waals surface area contributed by atoms with E-state index in [2.05, 4.69) is 0 Å². The highest BCUT2D eigenvalue weighted by molar-refractivity contribution is 5.85. The lowest BCUT2D eigenvalue weighted by atomic mass is 10.0. The van der Waals surface area contributed by atoms with Crippen LogP contribution in [0.1, 0.15) is 24.9 Å². The molecule has 118 valence electrons. The lowest BCUT2D eigenvalue weighted by Gasteiger charge is -2.12. The van der Waals surface area contributed by atoms with Gasteiger partial charge in [-0.2, -0.15) is 0 Å². The van der Waals surface area contributed by atoms with E-state index in [9.17, 15) is 4.79 Å². The maximum atomic E-state index is 11.4. The molecule has 0 spiro atoms. The van der Waals surface area contributed by atoms with E-state index in [1.54, 1.807) is 6.92 Å². The van der Waals surface area contributed by atoms with E-state index in [0.29, 0.717) is 6.61 Å². The highest BCUT2D eigenvalue weighted by atomic mass is 35.5. The van der Waals surface area contributed by atoms with Crippen LogP contribution in [0.3, 0.4) is 0 Å². The van der Waals surface area contributed by atoms with Crippen molar-refractivity contribution >= 4 is 18.4 Å². The summed E-state index contributed by atoms with van der Waals surface area (Å²) >= 11 is 0. The monoisotopic (exact) mass is 321 g/mol. The van der Waals surface area contributed by atoms with Gasteiger partial charge in [0.25, 0.3) is 0 Å². The van der Waals surface area contributed by atoms with Gasteiger partial charge in [0, 0.05) is 6.04 Å². The normalized spacial score (nSPS) is 11.2. The van der Waals surface area contributed by atoms with E-state index in [1.165, 1.54) is 0 Å². The molecule has 1 atom stereocenters. The largest absolute Gasteiger partial charge is 0.466 e. The third-order valence-electron chi connectivity index (χ3n) is 2.98. The SMILES string of the molecule is CCOC(=O)C[C@H](N)c1ccc(Oc2ccccc2)cc1.Cl. The first-order valence-electron chi connectivity index (χ1n) is 6.93. The molecule has 22 heavy (non-hydrogen) atoms. The number of esters is 1. The second kappa shape index (κ2) is 9.07. The van der Waals surface area contributed by atoms with Crippen molar-refractivity contribution in [2.75, 3.05) is 6.61 Å². The van der Waals surface area contributed by atoms with Gasteiger partial charge in [-0.25, -0.2) is 0 Å². The summed E-state index contributed by atoms with van der Waals surface area (Å²) in [6, 6.07) is 16.6. The van der Waals surface area contributed by atoms with Crippen LogP contribution < -0.4 is 10.5 Å². The summed E-state index contributed by atoms with van der Waals surface area (Å²) < 4.78 is 10.6. The van der Waals surface area contributed by atoms with Gasteiger partial charge < -0.3 is 15.2 Å². The van der Waals surface area contributed by atoms with E-state index in [1.807, 2.05) is 54.6 Å². The number of hydrogen-bond donors (Lipinski definition) is 1. The van der Waals surface area contributed by atoms with E-state index in [0.717, 1.165) is 17.1 Å². The van der Waals surface area contributed by atoms with Crippen LogP contribution in [0.25, 0.3) is 0 Å². The van der Waals surface area contributed by atoms with Gasteiger partial charge in [0.2, 0.25) is 0 Å². The molecule has 2 N–H and O–H groups in total. The fraction of sp³-hybridized carbons (Fsp3) is 0.235. The first-order valence-corrected chi connectivity index (χ1v) is 6.93. The summed E-state index contributed by atoms with van der Waals surface area (Å²) in [5, 5.41) is 0. The van der Waals surface area contributed by atoms with Crippen LogP contribution in [-0.4, -0.2) is 12.6 Å². The van der Waals surface area contributed by atoms with Crippen molar-refractivity contribution in [1.29, 1.82) is 0 Å². The minimum atomic E-state index is -0.366. The quantitative estimate of drug-likeness (QED) is 0.821. The number of carbonyl (C=O) groups is 1. The van der Waals surface area contributed by atoms with E-state index in [4.69, 9.17) is 15.2 Å². The molecule has 0 unspecified atom stereocenters. The number of nitrogens with two attached hydrogens (primary N) is 1. The van der Waals surface area contributed by atoms with Gasteiger partial charge in [-0.05, 0) is 36.8 Å². The summed E-state index contributed by atoms with van der Waals surface area (Å²) in [7, 11) is 0. The maximum Gasteiger partial charge on any atom is 0.307 e. The number of halogens is 1. The van der Waals surface area contributed by atoms with E-state index < -0.39 is 0 Å². The predicted octanol–water partition coefficient (Wildman–Crippen LogP) is 3.85. The second-order valence-electron chi connectivity index (χ2n) is 4.60. The molecule has 0 saturated carbocycles. The van der Waals surface area contributed by atoms with Crippen LogP contribution in [0.2, 0.25) is 0 Å². The van der Waals surface area contributed by atoms with Gasteiger partial charge in [-0.3, -0.25) is 4.79 Å². The molecule has 0 amide bonds. The van der Waals surface area contributed by atoms with Crippen LogP contribution in [0.4, 0.5) is 0 Å². The number of carbonyl (C=O) groups excluding carboxylic acids is 1. The van der Waals surface area contributed by atoms with Gasteiger partial charge in [0.1, 0.15) is 11.5 Å². The molecule has 2 aromatic carbocycles. The standard InChI is InChI=1S/C17H19NO3.ClH/c1-2-20-17(19)12-16(18)13-8-10-15(11-9-13)21-14-6-4-3-5-7-14;/h3-11,16H,2,12,18H2,1H3;1H/t16-;/m0./s1. The lowest BCUT2D eigenvalue weighted by molar-refractivity contribution is -0.143. The molecule has 0 aliphatic heterocycles. The van der Waals surface area contributed by atoms with Gasteiger partial charge in [-0.15, -0.1) is 12.4 Å². The molecule has 0 heterocycles. The number of para-hydroxylation sites is 1. The van der Waals surface area contributed by atoms with Crippen molar-refractivity contribution in [2.24, 2.45) is 5.73 Å². The van der Waals surface area contributed by atoms with Crippen LogP contribution in [0, 0.1) is 0 Å². The minimum absolute atomic E-state index is 0. The Kier molecular flexibility index (Phi) is 7.43. The molecule has 5 heteroatoms. The summed E-state index contributed by atoms with van der Waals surface area (Å²) in [6.07, 6.45) is 0.173. The minimum Gasteiger partial charge on any atom is -0.466 e. The van der Waals surface area contributed by atoms with Gasteiger partial charge in [0.15, 0.2) is 0 Å². The first kappa shape index (κ1) is 18.0. The van der Waals surface area contributed by atoms with Crippen LogP contribution >= 0.6 is 12.4 Å². The average Bonchev–Trinajstić information content (AvgIpc) is 2.49. The zero-order valence-corrected chi connectivity index (χ0v) is 13.2. The Morgan fingerprint density at radius 1 is 1.05 bits per heavy atom. The molecule has 0 aliphatic carbocycles. The zero-order chi connectivity index (χ0) is 15.1. The maximum absolute atomic E-state index is 11.4. The Labute approximate surface area is 136 Å². The molecular formula is C17H20ClNO3. The Hall–Kier alpha value is -2.04. The number of hydrogen-bond acceptors (Lipinski definition) is 4. The van der Waals surface area contributed by atoms with E-state index in [-0.39, 0.29) is 30.8 Å². The van der Waals surface area contributed by atoms with Crippen molar-refractivity contribution in [1.82, 2.24) is 0 Å². The molecule has 4 nitrogen and oxygen atoms in total. The molecule has 0 aliphatic rings. The third kappa shape index (κ3) is 5.39. The molecule has 0 fully saturated rings. The van der Waals surface area contributed by atoms with Crippen LogP contribution in [0.5, 0.6) is 11.5 Å². The number of ether oxygens (including phenoxy) is 2. The summed E-state index contributed by atoms with van der Waals surface area (Å²) in [4.78, 5) is 11.4. The number of benzene rings is 2. The molecule has 0 aromatic heterocycles. The molecule has 0 saturated heterocycles. The Balaban J connectivity index is 0.00000242. The Morgan fingerprint density at radius 2 is 1.64 bits per heavy atom. The summed E-state index contributed by atoms with van der Waals surface area (Å²) in [5.41, 5.74) is 6.87. The van der Waals surface area contributed by atoms with Crippen LogP contribution in [-0.2, 0) is 9.53 Å². The fourth-order valence-corrected chi connectivity index (χ4v) is 1.93. The number of rotatable bonds is 6. The summed E-state index contributed by atoms with van der Waals surface area (Å²) in [5.74, 6) is 1.23. The predicted molar refractivity (Wildman–Crippen MR) is 88.4 cm³/mol. The van der Waals surface area contributed by atoms with Crippen molar-refractivity contribution < 1.29 is 14.3 Å². The Morgan fingerprint density at radius 3 is 2.23 bits per heavy atom. The van der Waals surface area contributed by atoms with Crippen molar-refractivity contribution in [3.05, 3.63) is 60.2 Å². The molecule has 2 aromatic rings. The topological polar surface area (TPSA) is 61.5 Å². The fourth-order valence-electron chi connectivity index (χ4n) is 1.93. The molecule has 2 rings (SSSR count). The molecule has 0 bridgehead atoms. The lowest BCUT2D eigenvalue weighted by Crippen LogP contribution is -2.17. The van der Waals surface area contributed by atoms with Crippen molar-refractivity contribution in [2.45, 2.75) is 19.4 Å². The van der Waals surface area contributed by atoms with Crippen LogP contribution in [0.15, 0.2) is 54.6 Å². The van der Waals surface area contributed by atoms with Crippen molar-refractivity contribution in [3.63, 3.8) is 0 Å². The first-order chi connectivity index (χ1) is 10.2. The molecular weight excluding hydrogens is 302 g/mol. The van der Waals surface area contributed by atoms with Gasteiger partial charge in [0.05, 0.1) is 13.0 Å². The smallest absolute Gasteiger partial charge is 0.307 e. The molecule has 0 radical (unpaired) electrons. The highest BCUT2D eigenvalue weighted by Crippen LogP contribution is 2.23. The van der Waals surface area contributed by atoms with Gasteiger partial charge >= 0.3 is 5.97 Å². The van der Waals surface area contributed by atoms with Gasteiger partial charge in [-0.1, -0.05) is 30.3 Å². The van der Waals surface area contributed by atoms with Crippen molar-refractivity contribution in [3.8, 4) is 11.5 Å². The highest BCUT2D eigenvalue weighted by Gasteiger charge is 2.12. The summed E-state index contributed by atoms with van der Waals surface area (Å²) in [6.45, 7) is 2.15. The second-order valence-corrected chi connectivity index (χ2v) is 4.60. The third-order valence-corrected chi connectivity index (χ3v) is 2.98. The average molecular weight is 322 g/mol.